The van der Waals surface area contributed by atoms with Crippen LogP contribution in [0.1, 0.15) is 24.8 Å². The first kappa shape index (κ1) is 9.46. The highest BCUT2D eigenvalue weighted by atomic mass is 32.2. The molecule has 1 fully saturated rings. The molecule has 1 nitrogen and oxygen atoms in total. The van der Waals surface area contributed by atoms with E-state index in [1.54, 1.807) is 0 Å². The molecule has 1 heterocycles. The smallest absolute Gasteiger partial charge is 0.126 e. The van der Waals surface area contributed by atoms with Crippen LogP contribution >= 0.6 is 11.8 Å². The lowest BCUT2D eigenvalue weighted by Gasteiger charge is -2.12. The van der Waals surface area contributed by atoms with Crippen molar-refractivity contribution in [2.45, 2.75) is 35.8 Å². The second-order valence-corrected chi connectivity index (χ2v) is 6.08. The summed E-state index contributed by atoms with van der Waals surface area (Å²) in [5, 5.41) is 0.634. The van der Waals surface area contributed by atoms with Gasteiger partial charge in [0.15, 0.2) is 0 Å². The van der Waals surface area contributed by atoms with Gasteiger partial charge in [-0.2, -0.15) is 0 Å². The standard InChI is InChI=1S/C13H14OS/c14-9-13(5-6-13)8-11-7-10-3-1-2-4-12(10)15-11/h1-4,9,11H,5-8H2. The number of hydrogen-bond acceptors (Lipinski definition) is 2. The van der Waals surface area contributed by atoms with Crippen molar-refractivity contribution >= 4 is 18.0 Å². The van der Waals surface area contributed by atoms with Crippen LogP contribution < -0.4 is 0 Å². The summed E-state index contributed by atoms with van der Waals surface area (Å²) in [6, 6.07) is 8.61. The van der Waals surface area contributed by atoms with Crippen molar-refractivity contribution in [2.24, 2.45) is 5.41 Å². The average Bonchev–Trinajstić information content (AvgIpc) is 2.91. The molecular weight excluding hydrogens is 204 g/mol. The molecule has 3 rings (SSSR count). The van der Waals surface area contributed by atoms with Crippen LogP contribution in [0.15, 0.2) is 29.2 Å². The molecule has 0 amide bonds. The number of fused-ring (bicyclic) bond motifs is 1. The molecule has 1 aromatic rings. The Morgan fingerprint density at radius 3 is 2.87 bits per heavy atom. The molecule has 1 aliphatic carbocycles. The van der Waals surface area contributed by atoms with Crippen LogP contribution in [0.4, 0.5) is 0 Å². The van der Waals surface area contributed by atoms with Gasteiger partial charge in [-0.05, 0) is 37.3 Å². The first-order chi connectivity index (χ1) is 7.31. The first-order valence-corrected chi connectivity index (χ1v) is 6.40. The van der Waals surface area contributed by atoms with Crippen LogP contribution in [0.3, 0.4) is 0 Å². The van der Waals surface area contributed by atoms with Crippen molar-refractivity contribution in [3.8, 4) is 0 Å². The Labute approximate surface area is 94.3 Å². The summed E-state index contributed by atoms with van der Waals surface area (Å²) in [5.41, 5.74) is 1.54. The van der Waals surface area contributed by atoms with Gasteiger partial charge in [-0.1, -0.05) is 18.2 Å². The van der Waals surface area contributed by atoms with Crippen LogP contribution in [-0.2, 0) is 11.2 Å². The number of hydrogen-bond donors (Lipinski definition) is 0. The predicted octanol–water partition coefficient (Wildman–Crippen LogP) is 3.07. The zero-order valence-corrected chi connectivity index (χ0v) is 9.43. The van der Waals surface area contributed by atoms with Crippen LogP contribution in [0, 0.1) is 5.41 Å². The Balaban J connectivity index is 1.71. The molecule has 0 saturated heterocycles. The van der Waals surface area contributed by atoms with Crippen LogP contribution in [0.2, 0.25) is 0 Å². The Morgan fingerprint density at radius 1 is 1.40 bits per heavy atom. The zero-order chi connectivity index (χ0) is 10.3. The van der Waals surface area contributed by atoms with Gasteiger partial charge in [0.05, 0.1) is 0 Å². The first-order valence-electron chi connectivity index (χ1n) is 5.52. The van der Waals surface area contributed by atoms with E-state index in [9.17, 15) is 4.79 Å². The molecule has 78 valence electrons. The number of benzene rings is 1. The number of aldehydes is 1. The third kappa shape index (κ3) is 1.71. The van der Waals surface area contributed by atoms with E-state index in [1.165, 1.54) is 16.7 Å². The molecule has 0 radical (unpaired) electrons. The van der Waals surface area contributed by atoms with Crippen molar-refractivity contribution in [1.29, 1.82) is 0 Å². The Bertz CT molecular complexity index is 370. The maximum atomic E-state index is 10.9. The minimum atomic E-state index is 0.0692. The molecule has 1 unspecified atom stereocenters. The summed E-state index contributed by atoms with van der Waals surface area (Å²) in [4.78, 5) is 12.4. The van der Waals surface area contributed by atoms with Crippen molar-refractivity contribution in [1.82, 2.24) is 0 Å². The average molecular weight is 218 g/mol. The second kappa shape index (κ2) is 3.38. The van der Waals surface area contributed by atoms with E-state index in [-0.39, 0.29) is 5.41 Å². The van der Waals surface area contributed by atoms with E-state index in [4.69, 9.17) is 0 Å². The lowest BCUT2D eigenvalue weighted by molar-refractivity contribution is -0.112. The summed E-state index contributed by atoms with van der Waals surface area (Å²) in [5.74, 6) is 0. The van der Waals surface area contributed by atoms with Crippen LogP contribution in [0.25, 0.3) is 0 Å². The van der Waals surface area contributed by atoms with Crippen LogP contribution in [0.5, 0.6) is 0 Å². The minimum absolute atomic E-state index is 0.0692. The van der Waals surface area contributed by atoms with Gasteiger partial charge in [-0.3, -0.25) is 0 Å². The highest BCUT2D eigenvalue weighted by Gasteiger charge is 2.45. The molecule has 1 aliphatic heterocycles. The maximum absolute atomic E-state index is 10.9. The van der Waals surface area contributed by atoms with Gasteiger partial charge in [-0.25, -0.2) is 0 Å². The van der Waals surface area contributed by atoms with Crippen molar-refractivity contribution < 1.29 is 4.79 Å². The zero-order valence-electron chi connectivity index (χ0n) is 8.61. The molecule has 0 N–H and O–H groups in total. The number of carbonyl (C=O) groups excluding carboxylic acids is 1. The number of carbonyl (C=O) groups is 1. The Morgan fingerprint density at radius 2 is 2.20 bits per heavy atom. The second-order valence-electron chi connectivity index (χ2n) is 4.74. The topological polar surface area (TPSA) is 17.1 Å². The molecular formula is C13H14OS. The molecule has 1 atom stereocenters. The number of thioether (sulfide) groups is 1. The highest BCUT2D eigenvalue weighted by Crippen LogP contribution is 2.52. The predicted molar refractivity (Wildman–Crippen MR) is 62.1 cm³/mol. The van der Waals surface area contributed by atoms with Gasteiger partial charge in [0.25, 0.3) is 0 Å². The summed E-state index contributed by atoms with van der Waals surface area (Å²) >= 11 is 1.96. The summed E-state index contributed by atoms with van der Waals surface area (Å²) in [6.45, 7) is 0. The van der Waals surface area contributed by atoms with Gasteiger partial charge < -0.3 is 4.79 Å². The summed E-state index contributed by atoms with van der Waals surface area (Å²) < 4.78 is 0. The highest BCUT2D eigenvalue weighted by molar-refractivity contribution is 8.00. The molecule has 2 aliphatic rings. The molecule has 0 bridgehead atoms. The van der Waals surface area contributed by atoms with Crippen LogP contribution in [-0.4, -0.2) is 11.5 Å². The van der Waals surface area contributed by atoms with E-state index in [1.807, 2.05) is 11.8 Å². The quantitative estimate of drug-likeness (QED) is 0.725. The van der Waals surface area contributed by atoms with E-state index in [0.717, 1.165) is 25.7 Å². The molecule has 1 saturated carbocycles. The largest absolute Gasteiger partial charge is 0.303 e. The monoisotopic (exact) mass is 218 g/mol. The van der Waals surface area contributed by atoms with E-state index < -0.39 is 0 Å². The van der Waals surface area contributed by atoms with Gasteiger partial charge >= 0.3 is 0 Å². The molecule has 15 heavy (non-hydrogen) atoms. The Kier molecular flexibility index (Phi) is 2.13. The maximum Gasteiger partial charge on any atom is 0.126 e. The summed E-state index contributed by atoms with van der Waals surface area (Å²) in [7, 11) is 0. The van der Waals surface area contributed by atoms with Gasteiger partial charge in [0.1, 0.15) is 6.29 Å². The fraction of sp³-hybridized carbons (Fsp3) is 0.462. The lowest BCUT2D eigenvalue weighted by atomic mass is 9.98. The van der Waals surface area contributed by atoms with E-state index in [2.05, 4.69) is 24.3 Å². The van der Waals surface area contributed by atoms with Gasteiger partial charge in [0, 0.05) is 15.6 Å². The normalized spacial score (nSPS) is 26.0. The summed E-state index contributed by atoms with van der Waals surface area (Å²) in [6.07, 6.45) is 5.65. The SMILES string of the molecule is O=CC1(CC2Cc3ccccc3S2)CC1. The van der Waals surface area contributed by atoms with E-state index >= 15 is 0 Å². The fourth-order valence-electron chi connectivity index (χ4n) is 2.35. The van der Waals surface area contributed by atoms with Gasteiger partial charge in [0.2, 0.25) is 0 Å². The van der Waals surface area contributed by atoms with Gasteiger partial charge in [-0.15, -0.1) is 11.8 Å². The van der Waals surface area contributed by atoms with Crippen molar-refractivity contribution in [3.05, 3.63) is 29.8 Å². The minimum Gasteiger partial charge on any atom is -0.303 e. The third-order valence-electron chi connectivity index (χ3n) is 3.49. The molecule has 2 heteroatoms. The Hall–Kier alpha value is -0.760. The number of rotatable bonds is 3. The molecule has 0 aromatic heterocycles. The fourth-order valence-corrected chi connectivity index (χ4v) is 3.85. The lowest BCUT2D eigenvalue weighted by Crippen LogP contribution is -2.12. The molecule has 1 aromatic carbocycles. The van der Waals surface area contributed by atoms with Crippen molar-refractivity contribution in [3.63, 3.8) is 0 Å². The third-order valence-corrected chi connectivity index (χ3v) is 4.81. The van der Waals surface area contributed by atoms with E-state index in [0.29, 0.717) is 5.25 Å². The van der Waals surface area contributed by atoms with Crippen molar-refractivity contribution in [2.75, 3.05) is 0 Å². The molecule has 0 spiro atoms.